The highest BCUT2D eigenvalue weighted by Gasteiger charge is 2.21. The number of benzene rings is 1. The van der Waals surface area contributed by atoms with Gasteiger partial charge in [-0.1, -0.05) is 30.3 Å². The van der Waals surface area contributed by atoms with Crippen LogP contribution in [0.1, 0.15) is 33.3 Å². The Morgan fingerprint density at radius 1 is 0.589 bits per heavy atom. The Morgan fingerprint density at radius 2 is 0.929 bits per heavy atom. The first-order valence-corrected chi connectivity index (χ1v) is 25.1. The lowest BCUT2D eigenvalue weighted by atomic mass is 10.2. The zero-order valence-electron chi connectivity index (χ0n) is 34.5. The van der Waals surface area contributed by atoms with Crippen LogP contribution in [0.4, 0.5) is 9.59 Å². The van der Waals surface area contributed by atoms with E-state index in [2.05, 4.69) is 30.2 Å². The minimum absolute atomic E-state index is 0.0360. The molecule has 3 N–H and O–H groups in total. The highest BCUT2D eigenvalue weighted by atomic mass is 31.2. The fourth-order valence-electron chi connectivity index (χ4n) is 3.29. The number of alkyl carbamates (subject to hydrolysis) is 2. The molecule has 3 amide bonds. The van der Waals surface area contributed by atoms with Crippen LogP contribution in [0.25, 0.3) is 0 Å². The number of allylic oxidation sites excluding steroid dienone is 3. The summed E-state index contributed by atoms with van der Waals surface area (Å²) in [6, 6.07) is 9.14. The van der Waals surface area contributed by atoms with E-state index in [0.717, 1.165) is 5.56 Å². The first kappa shape index (κ1) is 53.7. The van der Waals surface area contributed by atoms with Gasteiger partial charge in [0.1, 0.15) is 29.3 Å². The summed E-state index contributed by atoms with van der Waals surface area (Å²) in [5, 5.41) is 6.95. The number of hydrogen-bond donors (Lipinski definition) is 3. The second kappa shape index (κ2) is 25.7. The Morgan fingerprint density at radius 3 is 1.23 bits per heavy atom. The molecule has 0 aromatic heterocycles. The van der Waals surface area contributed by atoms with Gasteiger partial charge < -0.3 is 42.7 Å². The van der Waals surface area contributed by atoms with Crippen LogP contribution in [-0.4, -0.2) is 121 Å². The summed E-state index contributed by atoms with van der Waals surface area (Å²) in [4.78, 5) is 68.3. The number of rotatable bonds is 14. The number of ether oxygens (including phenoxy) is 5. The Kier molecular flexibility index (Phi) is 24.6. The minimum Gasteiger partial charge on any atom is -0.464 e. The van der Waals surface area contributed by atoms with Crippen molar-refractivity contribution in [1.29, 1.82) is 0 Å². The summed E-state index contributed by atoms with van der Waals surface area (Å²) in [7, 11) is -3.32. The van der Waals surface area contributed by atoms with Crippen LogP contribution in [0, 0.1) is 0 Å². The molecular weight excluding hydrogens is 791 g/mol. The molecule has 0 spiro atoms. The summed E-state index contributed by atoms with van der Waals surface area (Å²) in [6.45, 7) is 16.1. The second-order valence-corrected chi connectivity index (χ2v) is 24.6. The number of amides is 3. The average molecular weight is 850 g/mol. The van der Waals surface area contributed by atoms with E-state index in [1.807, 2.05) is 30.3 Å². The lowest BCUT2D eigenvalue weighted by Crippen LogP contribution is -2.34. The van der Waals surface area contributed by atoms with Crippen molar-refractivity contribution in [2.75, 3.05) is 79.8 Å². The molecule has 0 aliphatic rings. The van der Waals surface area contributed by atoms with Gasteiger partial charge in [0.15, 0.2) is 0 Å². The van der Waals surface area contributed by atoms with E-state index < -0.39 is 57.1 Å². The van der Waals surface area contributed by atoms with E-state index >= 15 is 0 Å². The first-order valence-electron chi connectivity index (χ1n) is 16.7. The summed E-state index contributed by atoms with van der Waals surface area (Å²) in [5.41, 5.74) is 0.0443. The van der Waals surface area contributed by atoms with Crippen LogP contribution in [0.2, 0.25) is 0 Å². The summed E-state index contributed by atoms with van der Waals surface area (Å²) in [5.74, 6) is -2.43. The molecule has 1 aromatic carbocycles. The Labute approximate surface area is 329 Å². The molecule has 0 saturated heterocycles. The smallest absolute Gasteiger partial charge is 0.412 e. The number of hydrogen-bond acceptors (Lipinski definition) is 14. The van der Waals surface area contributed by atoms with Crippen LogP contribution in [0.5, 0.6) is 0 Å². The van der Waals surface area contributed by atoms with Crippen molar-refractivity contribution >= 4 is 57.4 Å². The van der Waals surface area contributed by atoms with E-state index in [1.165, 1.54) is 46.5 Å². The number of carbonyl (C=O) groups is 6. The van der Waals surface area contributed by atoms with Crippen molar-refractivity contribution in [2.45, 2.75) is 39.9 Å². The average Bonchev–Trinajstić information content (AvgIpc) is 3.07. The van der Waals surface area contributed by atoms with Crippen molar-refractivity contribution < 1.29 is 66.1 Å². The zero-order chi connectivity index (χ0) is 43.9. The van der Waals surface area contributed by atoms with Gasteiger partial charge in [-0.15, -0.1) is 0 Å². The Hall–Kier alpha value is -4.45. The van der Waals surface area contributed by atoms with Crippen LogP contribution in [-0.2, 0) is 63.2 Å². The first-order chi connectivity index (χ1) is 25.5. The van der Waals surface area contributed by atoms with E-state index in [0.29, 0.717) is 0 Å². The SMILES string of the molecule is COC(=O)/C(=C/CP(C)(C)=O)NC(=O)OC(C)(C)C.COC(=O)/C(=C/CP(C)(C)=O)NC(=O)OCc1ccccc1.COC(=O)/C(=C/CP(C)(C)=O)NC(C)=O. The van der Waals surface area contributed by atoms with Crippen molar-refractivity contribution in [3.63, 3.8) is 0 Å². The number of esters is 3. The molecular formula is C36H58N3O14P3. The lowest BCUT2D eigenvalue weighted by Gasteiger charge is -2.20. The molecule has 0 atom stereocenters. The van der Waals surface area contributed by atoms with E-state index in [1.54, 1.807) is 60.8 Å². The van der Waals surface area contributed by atoms with E-state index in [4.69, 9.17) is 9.47 Å². The van der Waals surface area contributed by atoms with Gasteiger partial charge in [-0.3, -0.25) is 15.4 Å². The third-order valence-electron chi connectivity index (χ3n) is 5.82. The molecule has 316 valence electrons. The minimum atomic E-state index is -2.35. The molecule has 1 aromatic rings. The molecule has 0 aliphatic carbocycles. The third-order valence-corrected chi connectivity index (χ3v) is 9.00. The lowest BCUT2D eigenvalue weighted by molar-refractivity contribution is -0.138. The largest absolute Gasteiger partial charge is 0.464 e. The monoisotopic (exact) mass is 849 g/mol. The number of nitrogens with one attached hydrogen (secondary N) is 3. The van der Waals surface area contributed by atoms with Crippen LogP contribution >= 0.6 is 21.4 Å². The van der Waals surface area contributed by atoms with E-state index in [-0.39, 0.29) is 48.1 Å². The van der Waals surface area contributed by atoms with Crippen molar-refractivity contribution in [3.05, 3.63) is 71.2 Å². The molecule has 0 bridgehead atoms. The predicted octanol–water partition coefficient (Wildman–Crippen LogP) is 5.59. The third kappa shape index (κ3) is 30.8. The Bertz CT molecular complexity index is 1730. The maximum absolute atomic E-state index is 11.7. The van der Waals surface area contributed by atoms with Crippen LogP contribution in [0.3, 0.4) is 0 Å². The standard InChI is InChI=1S/C15H20NO5P.C12H22NO5P.C9H16NO4P/c1-20-14(17)13(9-10-22(2,3)19)16-15(18)21-11-12-7-5-4-6-8-12;1-12(2,3)18-11(15)13-9(10(14)17-4)7-8-19(5,6)16;1-7(11)10-8(9(12)14-2)5-6-15(3,4)13/h4-9H,10-11H2,1-3H3,(H,16,18);7H,8H2,1-6H3,(H,13,15);5H,6H2,1-4H3,(H,10,11)/b13-9-;9-7-;8-5-. The fourth-order valence-corrected chi connectivity index (χ4v) is 5.16. The summed E-state index contributed by atoms with van der Waals surface area (Å²) < 4.78 is 58.3. The molecule has 0 heterocycles. The second-order valence-electron chi connectivity index (χ2n) is 14.1. The molecule has 1 rings (SSSR count). The molecule has 0 saturated carbocycles. The van der Waals surface area contributed by atoms with Gasteiger partial charge >= 0.3 is 30.1 Å². The van der Waals surface area contributed by atoms with Crippen molar-refractivity contribution in [2.24, 2.45) is 0 Å². The van der Waals surface area contributed by atoms with Gasteiger partial charge in [-0.25, -0.2) is 24.0 Å². The Balaban J connectivity index is 0. The highest BCUT2D eigenvalue weighted by molar-refractivity contribution is 7.63. The van der Waals surface area contributed by atoms with Crippen LogP contribution < -0.4 is 16.0 Å². The molecule has 0 fully saturated rings. The van der Waals surface area contributed by atoms with Crippen molar-refractivity contribution in [1.82, 2.24) is 16.0 Å². The van der Waals surface area contributed by atoms with Gasteiger partial charge in [-0.05, 0) is 84.6 Å². The van der Waals surface area contributed by atoms with Gasteiger partial charge in [0.05, 0.1) is 42.8 Å². The number of methoxy groups -OCH3 is 3. The molecule has 0 aliphatic heterocycles. The normalized spacial score (nSPS) is 12.2. The summed E-state index contributed by atoms with van der Waals surface area (Å²) in [6.07, 6.45) is 3.27. The number of carbonyl (C=O) groups excluding carboxylic acids is 6. The van der Waals surface area contributed by atoms with Gasteiger partial charge in [0.25, 0.3) is 0 Å². The van der Waals surface area contributed by atoms with E-state index in [9.17, 15) is 42.5 Å². The quantitative estimate of drug-likeness (QED) is 0.0897. The van der Waals surface area contributed by atoms with Gasteiger partial charge in [0.2, 0.25) is 5.91 Å². The summed E-state index contributed by atoms with van der Waals surface area (Å²) >= 11 is 0. The maximum atomic E-state index is 11.7. The fraction of sp³-hybridized carbons (Fsp3) is 0.500. The molecule has 20 heteroatoms. The van der Waals surface area contributed by atoms with Crippen molar-refractivity contribution in [3.8, 4) is 0 Å². The topological polar surface area (TPSA) is 236 Å². The molecule has 0 unspecified atom stereocenters. The van der Waals surface area contributed by atoms with Crippen LogP contribution in [0.15, 0.2) is 65.7 Å². The molecule has 0 radical (unpaired) electrons. The van der Waals surface area contributed by atoms with Gasteiger partial charge in [0, 0.05) is 25.4 Å². The maximum Gasteiger partial charge on any atom is 0.412 e. The van der Waals surface area contributed by atoms with Gasteiger partial charge in [-0.2, -0.15) is 0 Å². The highest BCUT2D eigenvalue weighted by Crippen LogP contribution is 2.37. The molecule has 56 heavy (non-hydrogen) atoms. The zero-order valence-corrected chi connectivity index (χ0v) is 37.2. The predicted molar refractivity (Wildman–Crippen MR) is 216 cm³/mol. The molecule has 17 nitrogen and oxygen atoms in total.